The summed E-state index contributed by atoms with van der Waals surface area (Å²) in [5.74, 6) is -1.13. The van der Waals surface area contributed by atoms with E-state index in [4.69, 9.17) is 19.0 Å². The zero-order valence-electron chi connectivity index (χ0n) is 7.30. The predicted octanol–water partition coefficient (Wildman–Crippen LogP) is 0.540. The minimum absolute atomic E-state index is 0.0158. The van der Waals surface area contributed by atoms with Gasteiger partial charge in [0.05, 0.1) is 13.2 Å². The molecule has 1 fully saturated rings. The first-order valence-electron chi connectivity index (χ1n) is 4.19. The summed E-state index contributed by atoms with van der Waals surface area (Å²) < 4.78 is 15.1. The van der Waals surface area contributed by atoms with Crippen LogP contribution < -0.4 is 4.74 Å². The van der Waals surface area contributed by atoms with Crippen LogP contribution in [0.15, 0.2) is 10.7 Å². The Bertz CT molecular complexity index is 328. The second kappa shape index (κ2) is 3.67. The van der Waals surface area contributed by atoms with E-state index in [9.17, 15) is 4.79 Å². The Morgan fingerprint density at radius 3 is 3.14 bits per heavy atom. The van der Waals surface area contributed by atoms with Gasteiger partial charge >= 0.3 is 12.0 Å². The lowest BCUT2D eigenvalue weighted by molar-refractivity contribution is 0.0689. The number of hydrogen-bond donors (Lipinski definition) is 1. The number of hydrogen-bond acceptors (Lipinski definition) is 5. The van der Waals surface area contributed by atoms with Crippen molar-refractivity contribution in [2.75, 3.05) is 13.2 Å². The maximum atomic E-state index is 10.4. The van der Waals surface area contributed by atoms with Gasteiger partial charge in [0.2, 0.25) is 0 Å². The van der Waals surface area contributed by atoms with Crippen molar-refractivity contribution in [3.63, 3.8) is 0 Å². The minimum atomic E-state index is -1.13. The molecule has 1 N–H and O–H groups in total. The van der Waals surface area contributed by atoms with Crippen LogP contribution in [0.2, 0.25) is 0 Å². The summed E-state index contributed by atoms with van der Waals surface area (Å²) in [6.07, 6.45) is 1.71. The van der Waals surface area contributed by atoms with Crippen LogP contribution in [0.3, 0.4) is 0 Å². The van der Waals surface area contributed by atoms with Crippen LogP contribution in [-0.4, -0.2) is 35.4 Å². The van der Waals surface area contributed by atoms with E-state index < -0.39 is 5.97 Å². The summed E-state index contributed by atoms with van der Waals surface area (Å²) in [7, 11) is 0. The molecule has 0 amide bonds. The van der Waals surface area contributed by atoms with Gasteiger partial charge in [-0.05, 0) is 0 Å². The highest BCUT2D eigenvalue weighted by atomic mass is 16.6. The highest BCUT2D eigenvalue weighted by Gasteiger charge is 2.20. The van der Waals surface area contributed by atoms with Gasteiger partial charge in [-0.15, -0.1) is 0 Å². The van der Waals surface area contributed by atoms with Crippen molar-refractivity contribution in [2.24, 2.45) is 0 Å². The van der Waals surface area contributed by atoms with Crippen LogP contribution in [0.25, 0.3) is 0 Å². The molecule has 6 nitrogen and oxygen atoms in total. The maximum absolute atomic E-state index is 10.4. The molecule has 6 heteroatoms. The van der Waals surface area contributed by atoms with Gasteiger partial charge in [-0.3, -0.25) is 0 Å². The van der Waals surface area contributed by atoms with Crippen LogP contribution in [0.4, 0.5) is 0 Å². The van der Waals surface area contributed by atoms with Gasteiger partial charge in [0.25, 0.3) is 0 Å². The molecule has 2 heterocycles. The zero-order chi connectivity index (χ0) is 9.97. The lowest BCUT2D eigenvalue weighted by Gasteiger charge is -2.05. The average Bonchev–Trinajstić information content (AvgIpc) is 2.75. The topological polar surface area (TPSA) is 81.8 Å². The Morgan fingerprint density at radius 1 is 1.71 bits per heavy atom. The van der Waals surface area contributed by atoms with E-state index in [2.05, 4.69) is 4.98 Å². The van der Waals surface area contributed by atoms with Crippen LogP contribution in [0, 0.1) is 0 Å². The molecule has 0 aromatic carbocycles. The second-order valence-electron chi connectivity index (χ2n) is 2.91. The van der Waals surface area contributed by atoms with Crippen molar-refractivity contribution in [3.05, 3.63) is 12.0 Å². The molecule has 1 saturated heterocycles. The van der Waals surface area contributed by atoms with Crippen molar-refractivity contribution >= 4 is 5.97 Å². The third-order valence-electron chi connectivity index (χ3n) is 1.86. The van der Waals surface area contributed by atoms with Crippen molar-refractivity contribution in [1.29, 1.82) is 0 Å². The van der Waals surface area contributed by atoms with Gasteiger partial charge in [0.15, 0.2) is 5.69 Å². The number of aromatic nitrogens is 1. The number of carboxylic acid groups (broad SMARTS) is 1. The highest BCUT2D eigenvalue weighted by molar-refractivity contribution is 5.84. The molecule has 1 unspecified atom stereocenters. The monoisotopic (exact) mass is 199 g/mol. The number of oxazole rings is 1. The molecule has 1 aliphatic heterocycles. The molecule has 1 aliphatic rings. The molecule has 14 heavy (non-hydrogen) atoms. The number of rotatable bonds is 3. The van der Waals surface area contributed by atoms with Crippen molar-refractivity contribution in [1.82, 2.24) is 4.98 Å². The smallest absolute Gasteiger partial charge is 0.394 e. The third kappa shape index (κ3) is 1.85. The summed E-state index contributed by atoms with van der Waals surface area (Å²) in [4.78, 5) is 14.1. The number of ether oxygens (including phenoxy) is 2. The van der Waals surface area contributed by atoms with Crippen LogP contribution in [0.1, 0.15) is 16.9 Å². The molecule has 76 valence electrons. The van der Waals surface area contributed by atoms with Crippen molar-refractivity contribution < 1.29 is 23.8 Å². The first-order chi connectivity index (χ1) is 6.75. The normalized spacial score (nSPS) is 21.0. The van der Waals surface area contributed by atoms with Crippen LogP contribution in [0.5, 0.6) is 6.08 Å². The fraction of sp³-hybridized carbons (Fsp3) is 0.500. The Hall–Kier alpha value is -1.56. The van der Waals surface area contributed by atoms with Gasteiger partial charge in [-0.1, -0.05) is 0 Å². The Balaban J connectivity index is 1.98. The fourth-order valence-electron chi connectivity index (χ4n) is 1.16. The molecule has 1 aromatic rings. The number of nitrogens with zero attached hydrogens (tertiary/aromatic N) is 1. The third-order valence-corrected chi connectivity index (χ3v) is 1.86. The van der Waals surface area contributed by atoms with E-state index in [0.29, 0.717) is 13.2 Å². The van der Waals surface area contributed by atoms with Gasteiger partial charge in [-0.25, -0.2) is 4.79 Å². The number of carboxylic acids is 1. The fourth-order valence-corrected chi connectivity index (χ4v) is 1.16. The standard InChI is InChI=1S/C8H9NO5/c10-7(11)6-4-13-8(9-6)14-5-1-2-12-3-5/h4-5H,1-3H2,(H,10,11). The molecule has 1 atom stereocenters. The van der Waals surface area contributed by atoms with E-state index >= 15 is 0 Å². The summed E-state index contributed by atoms with van der Waals surface area (Å²) in [5.41, 5.74) is -0.154. The first-order valence-corrected chi connectivity index (χ1v) is 4.19. The van der Waals surface area contributed by atoms with Crippen molar-refractivity contribution in [2.45, 2.75) is 12.5 Å². The summed E-state index contributed by atoms with van der Waals surface area (Å²) in [6.45, 7) is 1.14. The summed E-state index contributed by atoms with van der Waals surface area (Å²) in [6, 6.07) is 0. The summed E-state index contributed by atoms with van der Waals surface area (Å²) in [5, 5.41) is 8.56. The molecule has 0 spiro atoms. The van der Waals surface area contributed by atoms with Gasteiger partial charge < -0.3 is 19.0 Å². The van der Waals surface area contributed by atoms with Gasteiger partial charge in [0.1, 0.15) is 12.4 Å². The van der Waals surface area contributed by atoms with E-state index in [0.717, 1.165) is 12.7 Å². The molecule has 0 radical (unpaired) electrons. The molecule has 0 bridgehead atoms. The lowest BCUT2D eigenvalue weighted by Crippen LogP contribution is -2.15. The molecular weight excluding hydrogens is 190 g/mol. The zero-order valence-corrected chi connectivity index (χ0v) is 7.30. The summed E-state index contributed by atoms with van der Waals surface area (Å²) >= 11 is 0. The molecule has 2 rings (SSSR count). The molecular formula is C8H9NO5. The first kappa shape index (κ1) is 9.01. The number of carbonyl (C=O) groups is 1. The van der Waals surface area contributed by atoms with Gasteiger partial charge in [-0.2, -0.15) is 4.98 Å². The molecule has 1 aromatic heterocycles. The Morgan fingerprint density at radius 2 is 2.57 bits per heavy atom. The van der Waals surface area contributed by atoms with Crippen LogP contribution in [-0.2, 0) is 4.74 Å². The highest BCUT2D eigenvalue weighted by Crippen LogP contribution is 2.15. The van der Waals surface area contributed by atoms with Crippen LogP contribution >= 0.6 is 0 Å². The predicted molar refractivity (Wildman–Crippen MR) is 43.3 cm³/mol. The molecule has 0 aliphatic carbocycles. The van der Waals surface area contributed by atoms with E-state index in [-0.39, 0.29) is 17.9 Å². The SMILES string of the molecule is O=C(O)c1coc(OC2CCOC2)n1. The van der Waals surface area contributed by atoms with E-state index in [1.165, 1.54) is 0 Å². The quantitative estimate of drug-likeness (QED) is 0.765. The lowest BCUT2D eigenvalue weighted by atomic mass is 10.3. The Kier molecular flexibility index (Phi) is 2.36. The van der Waals surface area contributed by atoms with Crippen molar-refractivity contribution in [3.8, 4) is 6.08 Å². The maximum Gasteiger partial charge on any atom is 0.394 e. The number of aromatic carboxylic acids is 1. The molecule has 0 saturated carbocycles. The largest absolute Gasteiger partial charge is 0.476 e. The minimum Gasteiger partial charge on any atom is -0.476 e. The van der Waals surface area contributed by atoms with E-state index in [1.807, 2.05) is 0 Å². The average molecular weight is 199 g/mol. The second-order valence-corrected chi connectivity index (χ2v) is 2.91. The van der Waals surface area contributed by atoms with E-state index in [1.54, 1.807) is 0 Å². The Labute approximate surface area is 79.4 Å². The van der Waals surface area contributed by atoms with Gasteiger partial charge in [0, 0.05) is 6.42 Å².